The smallest absolute Gasteiger partial charge is 0.160 e. The number of fused-ring (bicyclic) bond motifs is 1. The molecule has 2 atom stereocenters. The van der Waals surface area contributed by atoms with Crippen molar-refractivity contribution < 1.29 is 4.42 Å². The second-order valence-electron chi connectivity index (χ2n) is 6.33. The van der Waals surface area contributed by atoms with Gasteiger partial charge in [0.25, 0.3) is 0 Å². The first-order chi connectivity index (χ1) is 11.3. The van der Waals surface area contributed by atoms with Crippen LogP contribution in [0, 0.1) is 5.92 Å². The van der Waals surface area contributed by atoms with Gasteiger partial charge in [0.1, 0.15) is 23.7 Å². The van der Waals surface area contributed by atoms with Gasteiger partial charge in [-0.25, -0.2) is 9.97 Å². The number of hydrogen-bond acceptors (Lipinski definition) is 5. The van der Waals surface area contributed by atoms with Gasteiger partial charge in [0.05, 0.1) is 17.6 Å². The van der Waals surface area contributed by atoms with Crippen molar-refractivity contribution >= 4 is 16.9 Å². The summed E-state index contributed by atoms with van der Waals surface area (Å²) in [5.41, 5.74) is 0.779. The second-order valence-corrected chi connectivity index (χ2v) is 6.33. The molecule has 6 heteroatoms. The maximum atomic E-state index is 6.06. The van der Waals surface area contributed by atoms with E-state index in [2.05, 4.69) is 51.0 Å². The van der Waals surface area contributed by atoms with Gasteiger partial charge in [0.15, 0.2) is 5.65 Å². The molecule has 0 radical (unpaired) electrons. The molecule has 2 unspecified atom stereocenters. The van der Waals surface area contributed by atoms with Crippen LogP contribution in [0.3, 0.4) is 0 Å². The van der Waals surface area contributed by atoms with Gasteiger partial charge in [0, 0.05) is 13.0 Å². The molecule has 1 aliphatic rings. The van der Waals surface area contributed by atoms with Gasteiger partial charge >= 0.3 is 0 Å². The molecule has 120 valence electrons. The molecule has 1 aliphatic heterocycles. The first-order valence-corrected chi connectivity index (χ1v) is 8.25. The number of H-pyrrole nitrogens is 1. The summed E-state index contributed by atoms with van der Waals surface area (Å²) in [6.07, 6.45) is 6.55. The number of rotatable bonds is 3. The lowest BCUT2D eigenvalue weighted by atomic mass is 9.91. The van der Waals surface area contributed by atoms with Crippen molar-refractivity contribution in [2.45, 2.75) is 39.2 Å². The van der Waals surface area contributed by atoms with Crippen LogP contribution in [0.1, 0.15) is 44.3 Å². The molecule has 6 nitrogen and oxygen atoms in total. The van der Waals surface area contributed by atoms with Crippen molar-refractivity contribution in [1.82, 2.24) is 20.2 Å². The number of aromatic amines is 1. The highest BCUT2D eigenvalue weighted by Crippen LogP contribution is 2.39. The molecular weight excluding hydrogens is 290 g/mol. The molecule has 1 fully saturated rings. The number of aryl methyl sites for hydroxylation is 1. The zero-order valence-electron chi connectivity index (χ0n) is 13.5. The Morgan fingerprint density at radius 1 is 1.35 bits per heavy atom. The average molecular weight is 311 g/mol. The van der Waals surface area contributed by atoms with E-state index in [1.165, 1.54) is 0 Å². The summed E-state index contributed by atoms with van der Waals surface area (Å²) < 4.78 is 6.06. The second kappa shape index (κ2) is 5.68. The van der Waals surface area contributed by atoms with E-state index >= 15 is 0 Å². The highest BCUT2D eigenvalue weighted by Gasteiger charge is 2.32. The van der Waals surface area contributed by atoms with Crippen LogP contribution < -0.4 is 4.90 Å². The van der Waals surface area contributed by atoms with Gasteiger partial charge in [-0.1, -0.05) is 13.8 Å². The van der Waals surface area contributed by atoms with Crippen molar-refractivity contribution in [3.05, 3.63) is 36.2 Å². The fourth-order valence-electron chi connectivity index (χ4n) is 3.41. The first kappa shape index (κ1) is 14.2. The Balaban J connectivity index is 1.76. The van der Waals surface area contributed by atoms with Crippen LogP contribution >= 0.6 is 0 Å². The van der Waals surface area contributed by atoms with Gasteiger partial charge in [-0.05, 0) is 30.9 Å². The minimum absolute atomic E-state index is 0.215. The fraction of sp³-hybridized carbons (Fsp3) is 0.471. The zero-order valence-corrected chi connectivity index (χ0v) is 13.5. The molecule has 1 saturated heterocycles. The SMILES string of the molecule is CCc1ccc(C2CC(C)CCN2c2ncnc3[nH]ncc23)o1. The van der Waals surface area contributed by atoms with Gasteiger partial charge < -0.3 is 9.32 Å². The maximum Gasteiger partial charge on any atom is 0.160 e. The summed E-state index contributed by atoms with van der Waals surface area (Å²) >= 11 is 0. The summed E-state index contributed by atoms with van der Waals surface area (Å²) in [5, 5.41) is 8.00. The lowest BCUT2D eigenvalue weighted by molar-refractivity contribution is 0.321. The molecular formula is C17H21N5O. The minimum Gasteiger partial charge on any atom is -0.464 e. The van der Waals surface area contributed by atoms with E-state index in [1.54, 1.807) is 12.5 Å². The van der Waals surface area contributed by atoms with Crippen LogP contribution in [0.15, 0.2) is 29.1 Å². The van der Waals surface area contributed by atoms with Gasteiger partial charge in [-0.15, -0.1) is 0 Å². The Labute approximate surface area is 134 Å². The number of nitrogens with zero attached hydrogens (tertiary/aromatic N) is 4. The van der Waals surface area contributed by atoms with Gasteiger partial charge in [0.2, 0.25) is 0 Å². The van der Waals surface area contributed by atoms with Crippen molar-refractivity contribution in [3.63, 3.8) is 0 Å². The lowest BCUT2D eigenvalue weighted by Gasteiger charge is -2.38. The highest BCUT2D eigenvalue weighted by molar-refractivity contribution is 5.86. The lowest BCUT2D eigenvalue weighted by Crippen LogP contribution is -2.36. The van der Waals surface area contributed by atoms with Crippen LogP contribution in [0.25, 0.3) is 11.0 Å². The maximum absolute atomic E-state index is 6.06. The largest absolute Gasteiger partial charge is 0.464 e. The molecule has 3 aromatic heterocycles. The quantitative estimate of drug-likeness (QED) is 0.801. The number of hydrogen-bond donors (Lipinski definition) is 1. The predicted octanol–water partition coefficient (Wildman–Crippen LogP) is 3.49. The molecule has 4 rings (SSSR count). The van der Waals surface area contributed by atoms with Gasteiger partial charge in [-0.2, -0.15) is 5.10 Å². The molecule has 0 aliphatic carbocycles. The Kier molecular flexibility index (Phi) is 3.52. The number of furan rings is 1. The number of nitrogens with one attached hydrogen (secondary N) is 1. The summed E-state index contributed by atoms with van der Waals surface area (Å²) in [6, 6.07) is 4.41. The van der Waals surface area contributed by atoms with Crippen LogP contribution in [0.5, 0.6) is 0 Å². The first-order valence-electron chi connectivity index (χ1n) is 8.25. The van der Waals surface area contributed by atoms with E-state index in [9.17, 15) is 0 Å². The normalized spacial score (nSPS) is 21.9. The van der Waals surface area contributed by atoms with Crippen molar-refractivity contribution in [2.75, 3.05) is 11.4 Å². The van der Waals surface area contributed by atoms with E-state index in [4.69, 9.17) is 4.42 Å². The Hall–Kier alpha value is -2.37. The van der Waals surface area contributed by atoms with Crippen LogP contribution in [0.2, 0.25) is 0 Å². The Morgan fingerprint density at radius 2 is 2.26 bits per heavy atom. The molecule has 23 heavy (non-hydrogen) atoms. The van der Waals surface area contributed by atoms with E-state index in [-0.39, 0.29) is 6.04 Å². The molecule has 0 aromatic carbocycles. The standard InChI is InChI=1S/C17H21N5O/c1-3-12-4-5-15(23-12)14-8-11(2)6-7-22(14)17-13-9-20-21-16(13)18-10-19-17/h4-5,9-11,14H,3,6-8H2,1-2H3,(H,18,19,20,21). The number of piperidine rings is 1. The van der Waals surface area contributed by atoms with Gasteiger partial charge in [-0.3, -0.25) is 5.10 Å². The van der Waals surface area contributed by atoms with Crippen molar-refractivity contribution in [2.24, 2.45) is 5.92 Å². The number of anilines is 1. The predicted molar refractivity (Wildman–Crippen MR) is 88.3 cm³/mol. The third kappa shape index (κ3) is 2.48. The third-order valence-electron chi connectivity index (χ3n) is 4.72. The Bertz CT molecular complexity index is 808. The highest BCUT2D eigenvalue weighted by atomic mass is 16.3. The van der Waals surface area contributed by atoms with E-state index in [1.807, 2.05) is 0 Å². The van der Waals surface area contributed by atoms with Crippen LogP contribution in [-0.2, 0) is 6.42 Å². The molecule has 1 N–H and O–H groups in total. The summed E-state index contributed by atoms with van der Waals surface area (Å²) in [6.45, 7) is 5.38. The Morgan fingerprint density at radius 3 is 3.09 bits per heavy atom. The van der Waals surface area contributed by atoms with Crippen LogP contribution in [-0.4, -0.2) is 26.7 Å². The molecule has 0 spiro atoms. The van der Waals surface area contributed by atoms with E-state index in [0.717, 1.165) is 54.2 Å². The fourth-order valence-corrected chi connectivity index (χ4v) is 3.41. The summed E-state index contributed by atoms with van der Waals surface area (Å²) in [5.74, 6) is 3.68. The molecule has 0 amide bonds. The van der Waals surface area contributed by atoms with E-state index < -0.39 is 0 Å². The molecule has 0 saturated carbocycles. The van der Waals surface area contributed by atoms with Crippen molar-refractivity contribution in [1.29, 1.82) is 0 Å². The average Bonchev–Trinajstić information content (AvgIpc) is 3.23. The molecule has 3 aromatic rings. The summed E-state index contributed by atoms with van der Waals surface area (Å²) in [4.78, 5) is 11.1. The molecule has 0 bridgehead atoms. The van der Waals surface area contributed by atoms with Crippen molar-refractivity contribution in [3.8, 4) is 0 Å². The molecule has 4 heterocycles. The monoisotopic (exact) mass is 311 g/mol. The van der Waals surface area contributed by atoms with E-state index in [0.29, 0.717) is 5.92 Å². The topological polar surface area (TPSA) is 70.8 Å². The summed E-state index contributed by atoms with van der Waals surface area (Å²) in [7, 11) is 0. The third-order valence-corrected chi connectivity index (χ3v) is 4.72. The number of aromatic nitrogens is 4. The van der Waals surface area contributed by atoms with Crippen LogP contribution in [0.4, 0.5) is 5.82 Å². The zero-order chi connectivity index (χ0) is 15.8. The minimum atomic E-state index is 0.215.